The summed E-state index contributed by atoms with van der Waals surface area (Å²) in [6, 6.07) is 8.95. The molecule has 2 saturated heterocycles. The molecule has 5 nitrogen and oxygen atoms in total. The Hall–Kier alpha value is -1.88. The lowest BCUT2D eigenvalue weighted by Crippen LogP contribution is -2.63. The van der Waals surface area contributed by atoms with Crippen molar-refractivity contribution >= 4 is 11.9 Å². The fraction of sp³-hybridized carbons (Fsp3) is 0.385. The van der Waals surface area contributed by atoms with Crippen LogP contribution < -0.4 is 10.6 Å². The van der Waals surface area contributed by atoms with Gasteiger partial charge in [0.05, 0.1) is 12.6 Å². The van der Waals surface area contributed by atoms with Gasteiger partial charge in [0.15, 0.2) is 0 Å². The van der Waals surface area contributed by atoms with Crippen molar-refractivity contribution < 1.29 is 9.59 Å². The monoisotopic (exact) mass is 245 g/mol. The molecule has 0 bridgehead atoms. The first-order valence-corrected chi connectivity index (χ1v) is 6.15. The molecule has 0 unspecified atom stereocenters. The molecule has 0 saturated carbocycles. The Kier molecular flexibility index (Phi) is 2.76. The molecule has 1 aromatic carbocycles. The van der Waals surface area contributed by atoms with Crippen molar-refractivity contribution in [1.82, 2.24) is 15.5 Å². The van der Waals surface area contributed by atoms with Crippen LogP contribution in [0.2, 0.25) is 0 Å². The lowest BCUT2D eigenvalue weighted by atomic mass is 10.1. The zero-order valence-electron chi connectivity index (χ0n) is 9.93. The van der Waals surface area contributed by atoms with E-state index in [9.17, 15) is 9.59 Å². The summed E-state index contributed by atoms with van der Waals surface area (Å²) < 4.78 is 0. The van der Waals surface area contributed by atoms with Crippen LogP contribution in [0, 0.1) is 0 Å². The van der Waals surface area contributed by atoms with Crippen LogP contribution >= 0.6 is 0 Å². The van der Waals surface area contributed by atoms with E-state index in [1.807, 2.05) is 30.3 Å². The van der Waals surface area contributed by atoms with Crippen LogP contribution in [0.15, 0.2) is 30.3 Å². The smallest absolute Gasteiger partial charge is 0.324 e. The van der Waals surface area contributed by atoms with Gasteiger partial charge in [0.25, 0.3) is 0 Å². The molecule has 18 heavy (non-hydrogen) atoms. The van der Waals surface area contributed by atoms with Crippen LogP contribution in [0.25, 0.3) is 0 Å². The fourth-order valence-corrected chi connectivity index (χ4v) is 2.54. The predicted molar refractivity (Wildman–Crippen MR) is 65.7 cm³/mol. The van der Waals surface area contributed by atoms with Crippen molar-refractivity contribution in [2.45, 2.75) is 25.0 Å². The molecule has 0 aliphatic carbocycles. The highest BCUT2D eigenvalue weighted by atomic mass is 16.2. The Balaban J connectivity index is 1.79. The highest BCUT2D eigenvalue weighted by Gasteiger charge is 2.43. The van der Waals surface area contributed by atoms with Gasteiger partial charge in [-0.15, -0.1) is 0 Å². The summed E-state index contributed by atoms with van der Waals surface area (Å²) in [5.74, 6) is -0.120. The molecular weight excluding hydrogens is 230 g/mol. The number of carbonyl (C=O) groups excluding carboxylic acids is 2. The number of hydrogen-bond acceptors (Lipinski definition) is 3. The number of nitrogens with zero attached hydrogens (tertiary/aromatic N) is 1. The molecule has 1 aromatic rings. The zero-order chi connectivity index (χ0) is 12.5. The van der Waals surface area contributed by atoms with Crippen molar-refractivity contribution in [2.24, 2.45) is 0 Å². The normalized spacial score (nSPS) is 27.0. The maximum Gasteiger partial charge on any atom is 0.324 e. The lowest BCUT2D eigenvalue weighted by Gasteiger charge is -2.33. The van der Waals surface area contributed by atoms with Gasteiger partial charge in [0, 0.05) is 0 Å². The number of fused-ring (bicyclic) bond motifs is 1. The Bertz CT molecular complexity index is 474. The average molecular weight is 245 g/mol. The molecule has 2 fully saturated rings. The number of rotatable bonds is 2. The second-order valence-electron chi connectivity index (χ2n) is 4.69. The van der Waals surface area contributed by atoms with E-state index in [1.165, 1.54) is 4.90 Å². The minimum Gasteiger partial charge on any atom is -0.333 e. The van der Waals surface area contributed by atoms with Crippen LogP contribution in [0.3, 0.4) is 0 Å². The van der Waals surface area contributed by atoms with Crippen LogP contribution in [0.1, 0.15) is 12.0 Å². The lowest BCUT2D eigenvalue weighted by molar-refractivity contribution is -0.132. The van der Waals surface area contributed by atoms with Crippen LogP contribution in [0.5, 0.6) is 0 Å². The van der Waals surface area contributed by atoms with Gasteiger partial charge in [-0.2, -0.15) is 0 Å². The first-order chi connectivity index (χ1) is 8.75. The highest BCUT2D eigenvalue weighted by molar-refractivity contribution is 6.00. The van der Waals surface area contributed by atoms with Crippen molar-refractivity contribution in [3.8, 4) is 0 Å². The number of benzene rings is 1. The third kappa shape index (κ3) is 1.86. The Labute approximate surface area is 105 Å². The third-order valence-electron chi connectivity index (χ3n) is 3.49. The van der Waals surface area contributed by atoms with Crippen LogP contribution in [0.4, 0.5) is 4.79 Å². The van der Waals surface area contributed by atoms with Crippen molar-refractivity contribution in [3.05, 3.63) is 35.9 Å². The van der Waals surface area contributed by atoms with E-state index in [2.05, 4.69) is 10.6 Å². The molecule has 2 aliphatic rings. The molecule has 0 spiro atoms. The van der Waals surface area contributed by atoms with E-state index in [4.69, 9.17) is 0 Å². The van der Waals surface area contributed by atoms with Gasteiger partial charge >= 0.3 is 6.03 Å². The molecule has 94 valence electrons. The average Bonchev–Trinajstić information content (AvgIpc) is 2.84. The third-order valence-corrected chi connectivity index (χ3v) is 3.49. The molecule has 0 radical (unpaired) electrons. The summed E-state index contributed by atoms with van der Waals surface area (Å²) in [6.07, 6.45) is 0.821. The van der Waals surface area contributed by atoms with Crippen molar-refractivity contribution in [3.63, 3.8) is 0 Å². The zero-order valence-corrected chi connectivity index (χ0v) is 9.93. The first kappa shape index (κ1) is 11.2. The molecule has 0 aromatic heterocycles. The molecule has 2 N–H and O–H groups in total. The molecule has 2 aliphatic heterocycles. The van der Waals surface area contributed by atoms with E-state index in [0.29, 0.717) is 6.54 Å². The standard InChI is InChI=1S/C13H15N3O2/c17-12-11-10(6-7-14-11)15-13(18)16(12)8-9-4-2-1-3-5-9/h1-5,10-11,14H,6-8H2,(H,15,18)/t10-,11+/m1/s1. The van der Waals surface area contributed by atoms with Gasteiger partial charge in [-0.1, -0.05) is 30.3 Å². The van der Waals surface area contributed by atoms with Crippen molar-refractivity contribution in [2.75, 3.05) is 6.54 Å². The largest absolute Gasteiger partial charge is 0.333 e. The first-order valence-electron chi connectivity index (χ1n) is 6.15. The quantitative estimate of drug-likeness (QED) is 0.796. The van der Waals surface area contributed by atoms with Crippen LogP contribution in [-0.2, 0) is 11.3 Å². The van der Waals surface area contributed by atoms with E-state index in [-0.39, 0.29) is 24.0 Å². The van der Waals surface area contributed by atoms with E-state index < -0.39 is 0 Å². The minimum atomic E-state index is -0.284. The number of carbonyl (C=O) groups is 2. The van der Waals surface area contributed by atoms with Gasteiger partial charge in [0.2, 0.25) is 5.91 Å². The Morgan fingerprint density at radius 1 is 1.22 bits per heavy atom. The second kappa shape index (κ2) is 4.42. The molecule has 5 heteroatoms. The number of imide groups is 1. The van der Waals surface area contributed by atoms with E-state index in [1.54, 1.807) is 0 Å². The summed E-state index contributed by atoms with van der Waals surface area (Å²) >= 11 is 0. The van der Waals surface area contributed by atoms with Gasteiger partial charge < -0.3 is 10.6 Å². The molecule has 2 atom stereocenters. The number of amides is 3. The van der Waals surface area contributed by atoms with Crippen molar-refractivity contribution in [1.29, 1.82) is 0 Å². The Morgan fingerprint density at radius 2 is 2.00 bits per heavy atom. The highest BCUT2D eigenvalue weighted by Crippen LogP contribution is 2.18. The molecule has 3 amide bonds. The number of nitrogens with one attached hydrogen (secondary N) is 2. The maximum absolute atomic E-state index is 12.2. The van der Waals surface area contributed by atoms with E-state index in [0.717, 1.165) is 18.5 Å². The SMILES string of the molecule is O=C1N[C@@H]2CCN[C@@H]2C(=O)N1Cc1ccccc1. The second-order valence-corrected chi connectivity index (χ2v) is 4.69. The minimum absolute atomic E-state index is 0.0444. The molecular formula is C13H15N3O2. The van der Waals surface area contributed by atoms with E-state index >= 15 is 0 Å². The summed E-state index contributed by atoms with van der Waals surface area (Å²) in [4.78, 5) is 25.4. The topological polar surface area (TPSA) is 61.4 Å². The molecule has 3 rings (SSSR count). The number of hydrogen-bond donors (Lipinski definition) is 2. The summed E-state index contributed by atoms with van der Waals surface area (Å²) in [5.41, 5.74) is 0.956. The number of urea groups is 1. The van der Waals surface area contributed by atoms with Gasteiger partial charge in [-0.05, 0) is 18.5 Å². The Morgan fingerprint density at radius 3 is 2.78 bits per heavy atom. The van der Waals surface area contributed by atoms with Crippen LogP contribution in [-0.4, -0.2) is 35.5 Å². The van der Waals surface area contributed by atoms with Gasteiger partial charge in [-0.25, -0.2) is 4.79 Å². The van der Waals surface area contributed by atoms with Gasteiger partial charge in [0.1, 0.15) is 6.04 Å². The summed E-state index contributed by atoms with van der Waals surface area (Å²) in [5, 5.41) is 6.02. The summed E-state index contributed by atoms with van der Waals surface area (Å²) in [6.45, 7) is 1.11. The van der Waals surface area contributed by atoms with Gasteiger partial charge in [-0.3, -0.25) is 9.69 Å². The fourth-order valence-electron chi connectivity index (χ4n) is 2.54. The predicted octanol–water partition coefficient (Wildman–Crippen LogP) is 0.469. The summed E-state index contributed by atoms with van der Waals surface area (Å²) in [7, 11) is 0. The maximum atomic E-state index is 12.2. The molecule has 2 heterocycles.